The Bertz CT molecular complexity index is 748. The van der Waals surface area contributed by atoms with Crippen LogP contribution in [0.2, 0.25) is 0 Å². The Balaban J connectivity index is 2.25. The first-order valence-corrected chi connectivity index (χ1v) is 8.55. The summed E-state index contributed by atoms with van der Waals surface area (Å²) in [4.78, 5) is 28.3. The third kappa shape index (κ3) is 3.90. The van der Waals surface area contributed by atoms with Gasteiger partial charge in [-0.2, -0.15) is 5.10 Å². The maximum atomic E-state index is 12.9. The molecule has 0 saturated carbocycles. The zero-order valence-electron chi connectivity index (χ0n) is 15.6. The number of carbonyl (C=O) groups excluding carboxylic acids is 2. The van der Waals surface area contributed by atoms with Gasteiger partial charge < -0.3 is 9.80 Å². The zero-order valence-corrected chi connectivity index (χ0v) is 15.6. The number of para-hydroxylation sites is 1. The lowest BCUT2D eigenvalue weighted by molar-refractivity contribution is -0.131. The van der Waals surface area contributed by atoms with E-state index >= 15 is 0 Å². The van der Waals surface area contributed by atoms with Gasteiger partial charge in [0.25, 0.3) is 5.91 Å². The van der Waals surface area contributed by atoms with Gasteiger partial charge in [-0.3, -0.25) is 9.59 Å². The maximum absolute atomic E-state index is 12.9. The SMILES string of the molecule is CCN(CC)C(=O)CN(C)C(=O)c1c(C)nn(-c2ccccc2)c1C. The number of rotatable bonds is 6. The Morgan fingerprint density at radius 2 is 1.68 bits per heavy atom. The molecule has 6 nitrogen and oxygen atoms in total. The first kappa shape index (κ1) is 18.7. The van der Waals surface area contributed by atoms with Crippen LogP contribution in [0, 0.1) is 13.8 Å². The highest BCUT2D eigenvalue weighted by molar-refractivity contribution is 5.98. The maximum Gasteiger partial charge on any atom is 0.257 e. The Labute approximate surface area is 149 Å². The highest BCUT2D eigenvalue weighted by Gasteiger charge is 2.24. The van der Waals surface area contributed by atoms with Crippen molar-refractivity contribution in [1.82, 2.24) is 19.6 Å². The van der Waals surface area contributed by atoms with Gasteiger partial charge in [-0.05, 0) is 39.8 Å². The van der Waals surface area contributed by atoms with Gasteiger partial charge in [-0.25, -0.2) is 4.68 Å². The molecule has 1 aromatic carbocycles. The van der Waals surface area contributed by atoms with E-state index in [1.807, 2.05) is 58.0 Å². The van der Waals surface area contributed by atoms with E-state index in [4.69, 9.17) is 0 Å². The van der Waals surface area contributed by atoms with E-state index < -0.39 is 0 Å². The molecule has 0 spiro atoms. The fourth-order valence-electron chi connectivity index (χ4n) is 2.91. The minimum Gasteiger partial charge on any atom is -0.342 e. The Kier molecular flexibility index (Phi) is 5.96. The van der Waals surface area contributed by atoms with Gasteiger partial charge in [0.15, 0.2) is 0 Å². The minimum absolute atomic E-state index is 0.0494. The number of hydrogen-bond acceptors (Lipinski definition) is 3. The molecule has 0 aliphatic heterocycles. The summed E-state index contributed by atoms with van der Waals surface area (Å²) in [5.41, 5.74) is 2.90. The predicted octanol–water partition coefficient (Wildman–Crippen LogP) is 2.43. The summed E-state index contributed by atoms with van der Waals surface area (Å²) in [6.07, 6.45) is 0. The molecule has 1 heterocycles. The lowest BCUT2D eigenvalue weighted by Gasteiger charge is -2.23. The molecule has 0 atom stereocenters. The average Bonchev–Trinajstić information content (AvgIpc) is 2.90. The van der Waals surface area contributed by atoms with Gasteiger partial charge in [-0.1, -0.05) is 18.2 Å². The zero-order chi connectivity index (χ0) is 18.6. The molecule has 0 radical (unpaired) electrons. The van der Waals surface area contributed by atoms with Crippen molar-refractivity contribution in [2.45, 2.75) is 27.7 Å². The van der Waals surface area contributed by atoms with Gasteiger partial charge in [0.1, 0.15) is 0 Å². The number of hydrogen-bond donors (Lipinski definition) is 0. The topological polar surface area (TPSA) is 58.4 Å². The molecule has 25 heavy (non-hydrogen) atoms. The number of nitrogens with zero attached hydrogens (tertiary/aromatic N) is 4. The van der Waals surface area contributed by atoms with Crippen LogP contribution in [0.25, 0.3) is 5.69 Å². The van der Waals surface area contributed by atoms with Crippen LogP contribution in [-0.4, -0.2) is 58.1 Å². The van der Waals surface area contributed by atoms with Crippen molar-refractivity contribution in [3.8, 4) is 5.69 Å². The molecule has 0 aliphatic carbocycles. The lowest BCUT2D eigenvalue weighted by atomic mass is 10.1. The minimum atomic E-state index is -0.183. The normalized spacial score (nSPS) is 10.6. The molecule has 0 fully saturated rings. The van der Waals surface area contributed by atoms with E-state index in [1.54, 1.807) is 16.6 Å². The fourth-order valence-corrected chi connectivity index (χ4v) is 2.91. The molecule has 0 aliphatic rings. The van der Waals surface area contributed by atoms with Crippen LogP contribution in [0.5, 0.6) is 0 Å². The van der Waals surface area contributed by atoms with Crippen LogP contribution in [0.15, 0.2) is 30.3 Å². The molecule has 134 valence electrons. The molecule has 0 bridgehead atoms. The lowest BCUT2D eigenvalue weighted by Crippen LogP contribution is -2.41. The Morgan fingerprint density at radius 3 is 2.24 bits per heavy atom. The van der Waals surface area contributed by atoms with E-state index in [0.717, 1.165) is 11.4 Å². The average molecular weight is 342 g/mol. The van der Waals surface area contributed by atoms with Crippen LogP contribution in [0.1, 0.15) is 35.6 Å². The highest BCUT2D eigenvalue weighted by atomic mass is 16.2. The summed E-state index contributed by atoms with van der Waals surface area (Å²) in [6.45, 7) is 8.90. The number of likely N-dealkylation sites (N-methyl/N-ethyl adjacent to an activating group) is 2. The van der Waals surface area contributed by atoms with Crippen LogP contribution in [0.4, 0.5) is 0 Å². The van der Waals surface area contributed by atoms with Gasteiger partial charge in [0, 0.05) is 20.1 Å². The van der Waals surface area contributed by atoms with Crippen molar-refractivity contribution in [2.75, 3.05) is 26.7 Å². The van der Waals surface area contributed by atoms with Crippen molar-refractivity contribution < 1.29 is 9.59 Å². The Hall–Kier alpha value is -2.63. The van der Waals surface area contributed by atoms with Crippen molar-refractivity contribution in [1.29, 1.82) is 0 Å². The van der Waals surface area contributed by atoms with Crippen molar-refractivity contribution in [3.63, 3.8) is 0 Å². The summed E-state index contributed by atoms with van der Waals surface area (Å²) in [6, 6.07) is 9.70. The van der Waals surface area contributed by atoms with Crippen molar-refractivity contribution >= 4 is 11.8 Å². The number of aromatic nitrogens is 2. The van der Waals surface area contributed by atoms with E-state index in [0.29, 0.717) is 24.3 Å². The molecule has 2 rings (SSSR count). The van der Waals surface area contributed by atoms with Crippen LogP contribution in [-0.2, 0) is 4.79 Å². The fraction of sp³-hybridized carbons (Fsp3) is 0.421. The molecule has 2 aromatic rings. The van der Waals surface area contributed by atoms with Gasteiger partial charge in [-0.15, -0.1) is 0 Å². The van der Waals surface area contributed by atoms with E-state index in [9.17, 15) is 9.59 Å². The number of amides is 2. The number of aryl methyl sites for hydroxylation is 1. The summed E-state index contributed by atoms with van der Waals surface area (Å²) in [5, 5.41) is 4.50. The molecular formula is C19H26N4O2. The molecular weight excluding hydrogens is 316 g/mol. The molecule has 0 N–H and O–H groups in total. The van der Waals surface area contributed by atoms with Crippen LogP contribution >= 0.6 is 0 Å². The number of benzene rings is 1. The van der Waals surface area contributed by atoms with Gasteiger partial charge in [0.2, 0.25) is 5.91 Å². The third-order valence-electron chi connectivity index (χ3n) is 4.34. The summed E-state index contributed by atoms with van der Waals surface area (Å²) in [7, 11) is 1.66. The molecule has 0 saturated heterocycles. The van der Waals surface area contributed by atoms with E-state index in [1.165, 1.54) is 4.90 Å². The Morgan fingerprint density at radius 1 is 1.08 bits per heavy atom. The predicted molar refractivity (Wildman–Crippen MR) is 97.9 cm³/mol. The monoisotopic (exact) mass is 342 g/mol. The van der Waals surface area contributed by atoms with Gasteiger partial charge >= 0.3 is 0 Å². The summed E-state index contributed by atoms with van der Waals surface area (Å²) >= 11 is 0. The molecule has 1 aromatic heterocycles. The summed E-state index contributed by atoms with van der Waals surface area (Å²) in [5.74, 6) is -0.232. The molecule has 6 heteroatoms. The van der Waals surface area contributed by atoms with E-state index in [2.05, 4.69) is 5.10 Å². The number of carbonyl (C=O) groups is 2. The van der Waals surface area contributed by atoms with Gasteiger partial charge in [0.05, 0.1) is 29.2 Å². The molecule has 0 unspecified atom stereocenters. The third-order valence-corrected chi connectivity index (χ3v) is 4.34. The second kappa shape index (κ2) is 7.96. The smallest absolute Gasteiger partial charge is 0.257 e. The second-order valence-corrected chi connectivity index (χ2v) is 6.02. The standard InChI is InChI=1S/C19H26N4O2/c1-6-22(7-2)17(24)13-21(5)19(25)18-14(3)20-23(15(18)4)16-11-9-8-10-12-16/h8-12H,6-7,13H2,1-5H3. The van der Waals surface area contributed by atoms with E-state index in [-0.39, 0.29) is 18.4 Å². The van der Waals surface area contributed by atoms with Crippen molar-refractivity contribution in [3.05, 3.63) is 47.3 Å². The summed E-state index contributed by atoms with van der Waals surface area (Å²) < 4.78 is 1.77. The first-order valence-electron chi connectivity index (χ1n) is 8.55. The quantitative estimate of drug-likeness (QED) is 0.810. The molecule has 2 amide bonds. The van der Waals surface area contributed by atoms with Crippen LogP contribution in [0.3, 0.4) is 0 Å². The highest BCUT2D eigenvalue weighted by Crippen LogP contribution is 2.19. The second-order valence-electron chi connectivity index (χ2n) is 6.02. The van der Waals surface area contributed by atoms with Crippen molar-refractivity contribution in [2.24, 2.45) is 0 Å². The van der Waals surface area contributed by atoms with Crippen LogP contribution < -0.4 is 0 Å². The first-order chi connectivity index (χ1) is 11.9. The largest absolute Gasteiger partial charge is 0.342 e.